The highest BCUT2D eigenvalue weighted by Gasteiger charge is 2.33. The van der Waals surface area contributed by atoms with Crippen molar-refractivity contribution in [1.29, 1.82) is 0 Å². The molecule has 2 atom stereocenters. The molecule has 0 unspecified atom stereocenters. The first kappa shape index (κ1) is 41.2. The Morgan fingerprint density at radius 2 is 1.11 bits per heavy atom. The van der Waals surface area contributed by atoms with Crippen LogP contribution in [0.5, 0.6) is 0 Å². The molecule has 2 saturated heterocycles. The molecule has 0 radical (unpaired) electrons. The Morgan fingerprint density at radius 1 is 0.667 bits per heavy atom. The maximum atomic E-state index is 12.9. The molecule has 14 nitrogen and oxygen atoms in total. The minimum Gasteiger partial charge on any atom is -0.444 e. The van der Waals surface area contributed by atoms with E-state index in [4.69, 9.17) is 9.47 Å². The van der Waals surface area contributed by atoms with Gasteiger partial charge < -0.3 is 29.9 Å². The fourth-order valence-electron chi connectivity index (χ4n) is 6.28. The van der Waals surface area contributed by atoms with Crippen molar-refractivity contribution in [2.45, 2.75) is 83.8 Å². The number of rotatable bonds is 5. The van der Waals surface area contributed by atoms with Gasteiger partial charge >= 0.3 is 18.4 Å². The number of aromatic nitrogens is 6. The van der Waals surface area contributed by atoms with E-state index in [1.165, 1.54) is 24.5 Å². The van der Waals surface area contributed by atoms with Gasteiger partial charge in [-0.2, -0.15) is 13.2 Å². The number of nitrogens with zero attached hydrogens (tertiary/aromatic N) is 8. The average Bonchev–Trinajstić information content (AvgIpc) is 3.82. The Balaban J connectivity index is 0.000000203. The zero-order chi connectivity index (χ0) is 41.1. The summed E-state index contributed by atoms with van der Waals surface area (Å²) in [5, 5.41) is 6.70. The number of fused-ring (bicyclic) bond motifs is 2. The summed E-state index contributed by atoms with van der Waals surface area (Å²) in [7, 11) is 0. The van der Waals surface area contributed by atoms with Crippen LogP contribution in [-0.4, -0.2) is 101 Å². The molecule has 2 amide bonds. The number of pyridine rings is 2. The van der Waals surface area contributed by atoms with Crippen LogP contribution in [-0.2, 0) is 15.7 Å². The molecule has 0 bridgehead atoms. The smallest absolute Gasteiger partial charge is 0.416 e. The number of anilines is 2. The molecule has 57 heavy (non-hydrogen) atoms. The second-order valence-electron chi connectivity index (χ2n) is 15.7. The molecule has 2 aliphatic rings. The molecule has 18 heteroatoms. The molecule has 5 aromatic rings. The molecular weight excluding hydrogens is 809 g/mol. The number of likely N-dealkylation sites (tertiary alicyclic amines) is 2. The molecule has 7 rings (SSSR count). The van der Waals surface area contributed by atoms with Gasteiger partial charge in [0.1, 0.15) is 33.3 Å². The summed E-state index contributed by atoms with van der Waals surface area (Å²) in [6.07, 6.45) is 6.14. The minimum absolute atomic E-state index is 0.0489. The third-order valence-corrected chi connectivity index (χ3v) is 9.42. The Morgan fingerprint density at radius 3 is 1.58 bits per heavy atom. The van der Waals surface area contributed by atoms with Crippen molar-refractivity contribution in [1.82, 2.24) is 39.7 Å². The van der Waals surface area contributed by atoms with E-state index in [1.807, 2.05) is 41.5 Å². The number of carbonyl (C=O) groups excluding carboxylic acids is 2. The monoisotopic (exact) mass is 852 g/mol. The molecule has 1 aromatic carbocycles. The molecular formula is C39H44BrF3N10O4. The predicted octanol–water partition coefficient (Wildman–Crippen LogP) is 8.34. The molecule has 302 valence electrons. The van der Waals surface area contributed by atoms with Crippen molar-refractivity contribution in [3.8, 4) is 11.1 Å². The topological polar surface area (TPSA) is 160 Å². The fraction of sp³-hybridized carbons (Fsp3) is 0.436. The van der Waals surface area contributed by atoms with Crippen molar-refractivity contribution < 1.29 is 32.2 Å². The maximum absolute atomic E-state index is 12.9. The Labute approximate surface area is 336 Å². The van der Waals surface area contributed by atoms with Gasteiger partial charge in [0.15, 0.2) is 11.6 Å². The summed E-state index contributed by atoms with van der Waals surface area (Å²) in [6, 6.07) is 4.93. The first-order chi connectivity index (χ1) is 26.8. The van der Waals surface area contributed by atoms with E-state index in [0.717, 1.165) is 28.5 Å². The normalized spacial score (nSPS) is 17.3. The van der Waals surface area contributed by atoms with E-state index >= 15 is 0 Å². The zero-order valence-electron chi connectivity index (χ0n) is 32.4. The minimum atomic E-state index is -4.40. The molecule has 0 spiro atoms. The van der Waals surface area contributed by atoms with Gasteiger partial charge in [-0.1, -0.05) is 12.1 Å². The van der Waals surface area contributed by atoms with Gasteiger partial charge in [0, 0.05) is 81.0 Å². The Bertz CT molecular complexity index is 2230. The highest BCUT2D eigenvalue weighted by Crippen LogP contribution is 2.34. The lowest BCUT2D eigenvalue weighted by Gasteiger charge is -2.24. The number of halogens is 4. The first-order valence-electron chi connectivity index (χ1n) is 18.4. The van der Waals surface area contributed by atoms with Gasteiger partial charge in [0.25, 0.3) is 0 Å². The van der Waals surface area contributed by atoms with E-state index < -0.39 is 22.9 Å². The number of alkyl halides is 3. The van der Waals surface area contributed by atoms with E-state index in [0.29, 0.717) is 71.9 Å². The quantitative estimate of drug-likeness (QED) is 0.174. The predicted molar refractivity (Wildman–Crippen MR) is 212 cm³/mol. The van der Waals surface area contributed by atoms with Crippen molar-refractivity contribution in [3.63, 3.8) is 0 Å². The average molecular weight is 854 g/mol. The summed E-state index contributed by atoms with van der Waals surface area (Å²) in [6.45, 7) is 13.3. The molecule has 0 aliphatic carbocycles. The van der Waals surface area contributed by atoms with Crippen LogP contribution in [0.25, 0.3) is 33.2 Å². The van der Waals surface area contributed by atoms with Gasteiger partial charge in [-0.25, -0.2) is 29.5 Å². The molecule has 2 N–H and O–H groups in total. The van der Waals surface area contributed by atoms with Crippen molar-refractivity contribution >= 4 is 61.8 Å². The third kappa shape index (κ3) is 10.5. The van der Waals surface area contributed by atoms with Crippen LogP contribution in [0.1, 0.15) is 59.9 Å². The number of benzene rings is 1. The molecule has 4 aromatic heterocycles. The summed E-state index contributed by atoms with van der Waals surface area (Å²) in [5.41, 5.74) is 1.88. The zero-order valence-corrected chi connectivity index (χ0v) is 34.0. The second-order valence-corrected chi connectivity index (χ2v) is 16.5. The number of nitrogens with one attached hydrogen (secondary N) is 2. The largest absolute Gasteiger partial charge is 0.444 e. The molecule has 6 heterocycles. The number of ether oxygens (including phenoxy) is 2. The molecule has 2 aliphatic heterocycles. The lowest BCUT2D eigenvalue weighted by atomic mass is 10.0. The third-order valence-electron chi connectivity index (χ3n) is 8.84. The molecule has 0 saturated carbocycles. The van der Waals surface area contributed by atoms with Gasteiger partial charge in [-0.3, -0.25) is 9.97 Å². The fourth-order valence-corrected chi connectivity index (χ4v) is 6.67. The van der Waals surface area contributed by atoms with Crippen LogP contribution < -0.4 is 10.6 Å². The van der Waals surface area contributed by atoms with Crippen molar-refractivity contribution in [2.24, 2.45) is 0 Å². The van der Waals surface area contributed by atoms with E-state index in [1.54, 1.807) is 34.6 Å². The number of carbonyl (C=O) groups is 2. The van der Waals surface area contributed by atoms with Gasteiger partial charge in [-0.15, -0.1) is 0 Å². The van der Waals surface area contributed by atoms with Crippen LogP contribution in [0.2, 0.25) is 0 Å². The lowest BCUT2D eigenvalue weighted by molar-refractivity contribution is -0.137. The maximum Gasteiger partial charge on any atom is 0.416 e. The highest BCUT2D eigenvalue weighted by molar-refractivity contribution is 9.10. The summed E-state index contributed by atoms with van der Waals surface area (Å²) >= 11 is 3.44. The van der Waals surface area contributed by atoms with Crippen LogP contribution in [0, 0.1) is 0 Å². The van der Waals surface area contributed by atoms with E-state index in [2.05, 4.69) is 56.5 Å². The summed E-state index contributed by atoms with van der Waals surface area (Å²) in [4.78, 5) is 54.2. The number of amides is 2. The van der Waals surface area contributed by atoms with Gasteiger partial charge in [0.2, 0.25) is 0 Å². The van der Waals surface area contributed by atoms with E-state index in [-0.39, 0.29) is 24.3 Å². The van der Waals surface area contributed by atoms with Crippen molar-refractivity contribution in [2.75, 3.05) is 36.8 Å². The van der Waals surface area contributed by atoms with Crippen molar-refractivity contribution in [3.05, 3.63) is 71.5 Å². The first-order valence-corrected chi connectivity index (χ1v) is 19.2. The van der Waals surface area contributed by atoms with Gasteiger partial charge in [0.05, 0.1) is 10.0 Å². The Hall–Kier alpha value is -5.39. The second kappa shape index (κ2) is 16.6. The summed E-state index contributed by atoms with van der Waals surface area (Å²) < 4.78 is 50.4. The molecule has 2 fully saturated rings. The number of hydrogen-bond acceptors (Lipinski definition) is 12. The number of hydrogen-bond donors (Lipinski definition) is 2. The van der Waals surface area contributed by atoms with Crippen LogP contribution >= 0.6 is 15.9 Å². The van der Waals surface area contributed by atoms with Gasteiger partial charge in [-0.05, 0) is 88.0 Å². The highest BCUT2D eigenvalue weighted by atomic mass is 79.9. The Kier molecular flexibility index (Phi) is 12.0. The SMILES string of the molecule is CC(C)(C)OC(=O)N1CC[C@H](Nc2ncc(-c3ccc(C(F)(F)F)cc3)c3nccnc23)C1.CC(C)(C)OC(=O)N1CC[C@H](Nc2ncc(Br)c3nccnc23)C1. The van der Waals surface area contributed by atoms with E-state index in [9.17, 15) is 22.8 Å². The van der Waals surface area contributed by atoms with Crippen LogP contribution in [0.3, 0.4) is 0 Å². The van der Waals surface area contributed by atoms with Crippen LogP contribution in [0.4, 0.5) is 34.4 Å². The lowest BCUT2D eigenvalue weighted by Crippen LogP contribution is -2.36. The van der Waals surface area contributed by atoms with Crippen LogP contribution in [0.15, 0.2) is 65.9 Å². The summed E-state index contributed by atoms with van der Waals surface area (Å²) in [5.74, 6) is 1.18. The standard InChI is InChI=1S/C23H24F3N5O2.C16H20BrN5O2/c1-22(2,3)33-21(32)31-11-8-16(13-31)30-20-19-18(27-9-10-28-19)17(12-29-20)14-4-6-15(7-5-14)23(24,25)26;1-16(2,3)24-15(23)22-7-4-10(9-22)21-14-13-12(11(17)8-20-14)18-5-6-19-13/h4-7,9-10,12,16H,8,11,13H2,1-3H3,(H,29,30);5-6,8,10H,4,7,9H2,1-3H3,(H,20,21)/t16-;10-/m00/s1.